The maximum atomic E-state index is 13.2. The Morgan fingerprint density at radius 3 is 1.76 bits per heavy atom. The number of rotatable bonds is 7. The van der Waals surface area contributed by atoms with Crippen LogP contribution in [0, 0.1) is 0 Å². The summed E-state index contributed by atoms with van der Waals surface area (Å²) in [6.45, 7) is 5.16. The third-order valence-corrected chi connectivity index (χ3v) is 5.34. The first-order valence-electron chi connectivity index (χ1n) is 11.0. The van der Waals surface area contributed by atoms with E-state index in [4.69, 9.17) is 4.74 Å². The molecule has 0 aliphatic heterocycles. The summed E-state index contributed by atoms with van der Waals surface area (Å²) < 4.78 is 5.36. The van der Waals surface area contributed by atoms with Gasteiger partial charge in [0.25, 0.3) is 0 Å². The maximum absolute atomic E-state index is 13.2. The zero-order valence-corrected chi connectivity index (χ0v) is 18.9. The van der Waals surface area contributed by atoms with E-state index in [1.54, 1.807) is 43.3 Å². The van der Waals surface area contributed by atoms with Gasteiger partial charge in [0.1, 0.15) is 5.75 Å². The third-order valence-electron chi connectivity index (χ3n) is 5.34. The molecule has 0 fully saturated rings. The van der Waals surface area contributed by atoms with E-state index in [9.17, 15) is 9.59 Å². The predicted octanol–water partition coefficient (Wildman–Crippen LogP) is 6.99. The van der Waals surface area contributed by atoms with Crippen molar-refractivity contribution in [3.05, 3.63) is 149 Å². The number of para-hydroxylation sites is 1. The van der Waals surface area contributed by atoms with Gasteiger partial charge in [0, 0.05) is 11.1 Å². The lowest BCUT2D eigenvalue weighted by Gasteiger charge is -2.10. The van der Waals surface area contributed by atoms with Crippen molar-refractivity contribution in [2.24, 2.45) is 0 Å². The molecular weight excluding hydrogens is 420 g/mol. The maximum Gasteiger partial charge on any atom is 0.338 e. The van der Waals surface area contributed by atoms with Crippen LogP contribution < -0.4 is 4.74 Å². The number of carbonyl (C=O) groups excluding carboxylic acids is 2. The molecule has 34 heavy (non-hydrogen) atoms. The van der Waals surface area contributed by atoms with Crippen LogP contribution in [0.4, 0.5) is 0 Å². The molecule has 3 heteroatoms. The van der Waals surface area contributed by atoms with Crippen LogP contribution in [0.1, 0.15) is 39.5 Å². The highest BCUT2D eigenvalue weighted by atomic mass is 16.5. The van der Waals surface area contributed by atoms with Crippen LogP contribution in [0.15, 0.2) is 121 Å². The Labute approximate surface area is 199 Å². The van der Waals surface area contributed by atoms with Gasteiger partial charge in [0.2, 0.25) is 0 Å². The first-order valence-corrected chi connectivity index (χ1v) is 11.0. The Bertz CT molecular complexity index is 1310. The highest BCUT2D eigenvalue weighted by molar-refractivity contribution is 6.11. The van der Waals surface area contributed by atoms with Crippen LogP contribution in [-0.4, -0.2) is 11.8 Å². The van der Waals surface area contributed by atoms with Gasteiger partial charge in [-0.25, -0.2) is 4.79 Å². The zero-order chi connectivity index (χ0) is 23.9. The third kappa shape index (κ3) is 5.28. The summed E-state index contributed by atoms with van der Waals surface area (Å²) in [5, 5.41) is 0. The predicted molar refractivity (Wildman–Crippen MR) is 137 cm³/mol. The lowest BCUT2D eigenvalue weighted by Crippen LogP contribution is -2.12. The van der Waals surface area contributed by atoms with Crippen molar-refractivity contribution in [3.8, 4) is 5.75 Å². The number of benzene rings is 4. The molecule has 4 aromatic rings. The molecule has 166 valence electrons. The van der Waals surface area contributed by atoms with Crippen molar-refractivity contribution < 1.29 is 14.3 Å². The minimum absolute atomic E-state index is 0.216. The minimum Gasteiger partial charge on any atom is -0.422 e. The van der Waals surface area contributed by atoms with Gasteiger partial charge in [0.05, 0.1) is 5.56 Å². The van der Waals surface area contributed by atoms with E-state index < -0.39 is 5.97 Å². The molecule has 3 nitrogen and oxygen atoms in total. The molecule has 0 atom stereocenters. The van der Waals surface area contributed by atoms with Crippen molar-refractivity contribution in [3.63, 3.8) is 0 Å². The molecule has 0 unspecified atom stereocenters. The van der Waals surface area contributed by atoms with Crippen LogP contribution in [0.5, 0.6) is 5.75 Å². The SMILES string of the molecule is C=C(C)C(=O)Oc1ccccc1C(=O)c1ccc(C=C(c2ccccc2)c2ccccc2)cc1. The Morgan fingerprint density at radius 1 is 0.676 bits per heavy atom. The largest absolute Gasteiger partial charge is 0.422 e. The number of ether oxygens (including phenoxy) is 1. The second-order valence-electron chi connectivity index (χ2n) is 7.91. The summed E-state index contributed by atoms with van der Waals surface area (Å²) in [4.78, 5) is 25.1. The summed E-state index contributed by atoms with van der Waals surface area (Å²) in [5.74, 6) is -0.554. The monoisotopic (exact) mass is 444 g/mol. The van der Waals surface area contributed by atoms with Crippen LogP contribution in [0.2, 0.25) is 0 Å². The van der Waals surface area contributed by atoms with Crippen molar-refractivity contribution in [1.29, 1.82) is 0 Å². The summed E-state index contributed by atoms with van der Waals surface area (Å²) in [5.41, 5.74) is 5.40. The first-order chi connectivity index (χ1) is 16.5. The van der Waals surface area contributed by atoms with E-state index in [2.05, 4.69) is 36.9 Å². The molecule has 0 spiro atoms. The number of ketones is 1. The van der Waals surface area contributed by atoms with Gasteiger partial charge in [-0.3, -0.25) is 4.79 Å². The van der Waals surface area contributed by atoms with Crippen LogP contribution >= 0.6 is 0 Å². The molecule has 0 amide bonds. The van der Waals surface area contributed by atoms with Crippen molar-refractivity contribution in [2.75, 3.05) is 0 Å². The van der Waals surface area contributed by atoms with Gasteiger partial charge in [-0.05, 0) is 47.4 Å². The molecule has 0 bridgehead atoms. The Morgan fingerprint density at radius 2 is 1.21 bits per heavy atom. The molecule has 0 aromatic heterocycles. The van der Waals surface area contributed by atoms with E-state index in [1.165, 1.54) is 0 Å². The molecule has 0 saturated carbocycles. The van der Waals surface area contributed by atoms with Crippen molar-refractivity contribution in [1.82, 2.24) is 0 Å². The lowest BCUT2D eigenvalue weighted by molar-refractivity contribution is -0.130. The van der Waals surface area contributed by atoms with Gasteiger partial charge in [0.15, 0.2) is 5.78 Å². The van der Waals surface area contributed by atoms with E-state index in [0.717, 1.165) is 22.3 Å². The summed E-state index contributed by atoms with van der Waals surface area (Å²) >= 11 is 0. The van der Waals surface area contributed by atoms with Crippen molar-refractivity contribution >= 4 is 23.4 Å². The second kappa shape index (κ2) is 10.4. The van der Waals surface area contributed by atoms with Gasteiger partial charge >= 0.3 is 5.97 Å². The minimum atomic E-state index is -0.560. The van der Waals surface area contributed by atoms with Gasteiger partial charge < -0.3 is 4.74 Å². The Hall–Kier alpha value is -4.50. The van der Waals surface area contributed by atoms with Gasteiger partial charge in [-0.2, -0.15) is 0 Å². The van der Waals surface area contributed by atoms with E-state index in [0.29, 0.717) is 11.1 Å². The van der Waals surface area contributed by atoms with Crippen LogP contribution in [0.25, 0.3) is 11.6 Å². The smallest absolute Gasteiger partial charge is 0.338 e. The number of hydrogen-bond donors (Lipinski definition) is 0. The van der Waals surface area contributed by atoms with E-state index in [1.807, 2.05) is 48.5 Å². The molecule has 0 aliphatic carbocycles. The van der Waals surface area contributed by atoms with E-state index in [-0.39, 0.29) is 17.1 Å². The van der Waals surface area contributed by atoms with Crippen LogP contribution in [0.3, 0.4) is 0 Å². The molecular formula is C31H24O3. The molecule has 0 aliphatic rings. The van der Waals surface area contributed by atoms with Crippen LogP contribution in [-0.2, 0) is 4.79 Å². The van der Waals surface area contributed by atoms with E-state index >= 15 is 0 Å². The Kier molecular flexibility index (Phi) is 6.95. The average molecular weight is 445 g/mol. The second-order valence-corrected chi connectivity index (χ2v) is 7.91. The summed E-state index contributed by atoms with van der Waals surface area (Å²) in [7, 11) is 0. The fourth-order valence-corrected chi connectivity index (χ4v) is 3.55. The number of hydrogen-bond acceptors (Lipinski definition) is 3. The number of carbonyl (C=O) groups is 2. The van der Waals surface area contributed by atoms with Crippen molar-refractivity contribution in [2.45, 2.75) is 6.92 Å². The number of esters is 1. The molecule has 0 saturated heterocycles. The van der Waals surface area contributed by atoms with Gasteiger partial charge in [-0.1, -0.05) is 104 Å². The summed E-state index contributed by atoms with van der Waals surface area (Å²) in [6, 6.07) is 34.6. The first kappa shape index (κ1) is 22.7. The zero-order valence-electron chi connectivity index (χ0n) is 18.9. The highest BCUT2D eigenvalue weighted by Crippen LogP contribution is 2.27. The summed E-state index contributed by atoms with van der Waals surface area (Å²) in [6.07, 6.45) is 2.11. The topological polar surface area (TPSA) is 43.4 Å². The molecule has 4 rings (SSSR count). The fraction of sp³-hybridized carbons (Fsp3) is 0.0323. The molecule has 0 heterocycles. The molecule has 0 N–H and O–H groups in total. The Balaban J connectivity index is 1.65. The molecule has 0 radical (unpaired) electrons. The lowest BCUT2D eigenvalue weighted by atomic mass is 9.95. The quantitative estimate of drug-likeness (QED) is 0.101. The molecule has 4 aromatic carbocycles. The van der Waals surface area contributed by atoms with Gasteiger partial charge in [-0.15, -0.1) is 0 Å². The highest BCUT2D eigenvalue weighted by Gasteiger charge is 2.17. The normalized spacial score (nSPS) is 10.3. The standard InChI is InChI=1S/C31H24O3/c1-22(2)31(33)34-29-16-10-9-15-27(29)30(32)26-19-17-23(18-20-26)21-28(24-11-5-3-6-12-24)25-13-7-4-8-14-25/h3-21H,1H2,2H3. The average Bonchev–Trinajstić information content (AvgIpc) is 2.88. The fourth-order valence-electron chi connectivity index (χ4n) is 3.55.